The number of hydrogen-bond donors (Lipinski definition) is 1. The van der Waals surface area contributed by atoms with Crippen LogP contribution in [0.5, 0.6) is 17.2 Å². The lowest BCUT2D eigenvalue weighted by atomic mass is 10.1. The third-order valence-electron chi connectivity index (χ3n) is 4.29. The number of hydrogen-bond acceptors (Lipinski definition) is 4. The molecule has 0 heterocycles. The second kappa shape index (κ2) is 8.95. The van der Waals surface area contributed by atoms with Crippen LogP contribution in [0.3, 0.4) is 0 Å². The Morgan fingerprint density at radius 1 is 0.893 bits per heavy atom. The number of carbonyl (C=O) groups excluding carboxylic acids is 1. The summed E-state index contributed by atoms with van der Waals surface area (Å²) in [5.74, 6) is 1.87. The van der Waals surface area contributed by atoms with Gasteiger partial charge in [-0.3, -0.25) is 4.79 Å². The lowest BCUT2D eigenvalue weighted by Gasteiger charge is -2.13. The first-order valence-electron chi connectivity index (χ1n) is 8.91. The Labute approximate surface area is 164 Å². The molecule has 5 nitrogen and oxygen atoms in total. The minimum absolute atomic E-state index is 0.186. The van der Waals surface area contributed by atoms with Gasteiger partial charge in [-0.25, -0.2) is 0 Å². The monoisotopic (exact) mass is 377 g/mol. The highest BCUT2D eigenvalue weighted by molar-refractivity contribution is 6.04. The van der Waals surface area contributed by atoms with Gasteiger partial charge in [0.25, 0.3) is 5.91 Å². The fourth-order valence-electron chi connectivity index (χ4n) is 2.72. The molecule has 1 amide bonds. The van der Waals surface area contributed by atoms with Crippen LogP contribution in [0.2, 0.25) is 0 Å². The van der Waals surface area contributed by atoms with Crippen LogP contribution >= 0.6 is 0 Å². The molecule has 0 aliphatic rings. The van der Waals surface area contributed by atoms with Crippen LogP contribution in [0.15, 0.2) is 66.7 Å². The summed E-state index contributed by atoms with van der Waals surface area (Å²) < 4.78 is 16.5. The normalized spacial score (nSPS) is 10.2. The fraction of sp³-hybridized carbons (Fsp3) is 0.174. The fourth-order valence-corrected chi connectivity index (χ4v) is 2.72. The van der Waals surface area contributed by atoms with E-state index >= 15 is 0 Å². The number of anilines is 1. The Kier molecular flexibility index (Phi) is 6.17. The molecule has 3 aromatic rings. The number of benzene rings is 3. The van der Waals surface area contributed by atoms with E-state index in [1.54, 1.807) is 38.5 Å². The zero-order chi connectivity index (χ0) is 19.9. The first kappa shape index (κ1) is 19.3. The molecule has 0 unspecified atom stereocenters. The third kappa shape index (κ3) is 4.82. The molecular formula is C23H23NO4. The van der Waals surface area contributed by atoms with Gasteiger partial charge in [0.2, 0.25) is 0 Å². The molecule has 0 atom stereocenters. The minimum Gasteiger partial charge on any atom is -0.497 e. The Bertz CT molecular complexity index is 951. The molecule has 0 aromatic heterocycles. The molecule has 1 N–H and O–H groups in total. The number of ether oxygens (including phenoxy) is 3. The van der Waals surface area contributed by atoms with Crippen LogP contribution in [0, 0.1) is 6.92 Å². The first-order valence-corrected chi connectivity index (χ1v) is 8.91. The Balaban J connectivity index is 1.75. The van der Waals surface area contributed by atoms with E-state index in [4.69, 9.17) is 14.2 Å². The Morgan fingerprint density at radius 2 is 1.64 bits per heavy atom. The maximum Gasteiger partial charge on any atom is 0.255 e. The second-order valence-corrected chi connectivity index (χ2v) is 6.31. The van der Waals surface area contributed by atoms with Crippen LogP contribution in [-0.2, 0) is 6.61 Å². The van der Waals surface area contributed by atoms with Crippen LogP contribution in [0.4, 0.5) is 5.69 Å². The average Bonchev–Trinajstić information content (AvgIpc) is 2.73. The van der Waals surface area contributed by atoms with Crippen molar-refractivity contribution in [2.24, 2.45) is 0 Å². The van der Waals surface area contributed by atoms with Crippen molar-refractivity contribution in [2.75, 3.05) is 19.5 Å². The van der Waals surface area contributed by atoms with Crippen LogP contribution in [0.25, 0.3) is 0 Å². The number of aryl methyl sites for hydroxylation is 1. The van der Waals surface area contributed by atoms with Crippen molar-refractivity contribution in [3.8, 4) is 17.2 Å². The van der Waals surface area contributed by atoms with E-state index < -0.39 is 0 Å². The van der Waals surface area contributed by atoms with Crippen LogP contribution in [0.1, 0.15) is 21.5 Å². The van der Waals surface area contributed by atoms with Gasteiger partial charge in [0.15, 0.2) is 0 Å². The van der Waals surface area contributed by atoms with Crippen molar-refractivity contribution >= 4 is 11.6 Å². The molecule has 3 rings (SSSR count). The quantitative estimate of drug-likeness (QED) is 0.640. The molecule has 0 fully saturated rings. The molecule has 0 spiro atoms. The van der Waals surface area contributed by atoms with Gasteiger partial charge < -0.3 is 19.5 Å². The smallest absolute Gasteiger partial charge is 0.255 e. The van der Waals surface area contributed by atoms with E-state index in [9.17, 15) is 4.79 Å². The lowest BCUT2D eigenvalue weighted by Crippen LogP contribution is -2.12. The van der Waals surface area contributed by atoms with Crippen molar-refractivity contribution in [3.63, 3.8) is 0 Å². The highest BCUT2D eigenvalue weighted by atomic mass is 16.5. The molecule has 3 aromatic carbocycles. The highest BCUT2D eigenvalue weighted by Crippen LogP contribution is 2.25. The summed E-state index contributed by atoms with van der Waals surface area (Å²) in [6.07, 6.45) is 0. The molecule has 0 aliphatic carbocycles. The maximum atomic E-state index is 12.6. The average molecular weight is 377 g/mol. The molecule has 5 heteroatoms. The third-order valence-corrected chi connectivity index (χ3v) is 4.29. The van der Waals surface area contributed by atoms with Gasteiger partial charge in [0.05, 0.1) is 14.2 Å². The van der Waals surface area contributed by atoms with Gasteiger partial charge in [-0.1, -0.05) is 23.8 Å². The van der Waals surface area contributed by atoms with Gasteiger partial charge in [-0.05, 0) is 49.4 Å². The van der Waals surface area contributed by atoms with E-state index in [1.165, 1.54) is 0 Å². The number of methoxy groups -OCH3 is 2. The molecule has 0 saturated carbocycles. The summed E-state index contributed by atoms with van der Waals surface area (Å²) in [6.45, 7) is 2.27. The van der Waals surface area contributed by atoms with Crippen molar-refractivity contribution < 1.29 is 19.0 Å². The maximum absolute atomic E-state index is 12.6. The van der Waals surface area contributed by atoms with Crippen molar-refractivity contribution in [3.05, 3.63) is 83.4 Å². The topological polar surface area (TPSA) is 56.8 Å². The Morgan fingerprint density at radius 3 is 2.36 bits per heavy atom. The zero-order valence-electron chi connectivity index (χ0n) is 16.2. The largest absolute Gasteiger partial charge is 0.497 e. The van der Waals surface area contributed by atoms with E-state index in [1.807, 2.05) is 49.4 Å². The van der Waals surface area contributed by atoms with E-state index in [2.05, 4.69) is 5.32 Å². The van der Waals surface area contributed by atoms with Crippen LogP contribution < -0.4 is 19.5 Å². The molecule has 28 heavy (non-hydrogen) atoms. The van der Waals surface area contributed by atoms with Gasteiger partial charge in [-0.15, -0.1) is 0 Å². The van der Waals surface area contributed by atoms with Crippen molar-refractivity contribution in [1.29, 1.82) is 0 Å². The predicted molar refractivity (Wildman–Crippen MR) is 109 cm³/mol. The molecular weight excluding hydrogens is 354 g/mol. The summed E-state index contributed by atoms with van der Waals surface area (Å²) in [7, 11) is 3.20. The van der Waals surface area contributed by atoms with E-state index in [0.717, 1.165) is 22.6 Å². The highest BCUT2D eigenvalue weighted by Gasteiger charge is 2.12. The predicted octanol–water partition coefficient (Wildman–Crippen LogP) is 4.84. The van der Waals surface area contributed by atoms with Gasteiger partial charge in [0.1, 0.15) is 23.9 Å². The first-order chi connectivity index (χ1) is 13.6. The number of amides is 1. The SMILES string of the molecule is COc1cccc(OCc2cc(C(=O)Nc3ccc(C)cc3)ccc2OC)c1. The lowest BCUT2D eigenvalue weighted by molar-refractivity contribution is 0.102. The molecule has 0 bridgehead atoms. The van der Waals surface area contributed by atoms with Gasteiger partial charge >= 0.3 is 0 Å². The molecule has 0 radical (unpaired) electrons. The van der Waals surface area contributed by atoms with Crippen LogP contribution in [-0.4, -0.2) is 20.1 Å². The van der Waals surface area contributed by atoms with Gasteiger partial charge in [0, 0.05) is 22.9 Å². The summed E-state index contributed by atoms with van der Waals surface area (Å²) >= 11 is 0. The molecule has 144 valence electrons. The Hall–Kier alpha value is -3.47. The van der Waals surface area contributed by atoms with Crippen molar-refractivity contribution in [2.45, 2.75) is 13.5 Å². The number of nitrogens with one attached hydrogen (secondary N) is 1. The van der Waals surface area contributed by atoms with E-state index in [0.29, 0.717) is 17.1 Å². The minimum atomic E-state index is -0.186. The standard InChI is InChI=1S/C23H23NO4/c1-16-7-10-19(11-8-16)24-23(25)17-9-12-22(27-3)18(13-17)15-28-21-6-4-5-20(14-21)26-2/h4-14H,15H2,1-3H3,(H,24,25). The number of carbonyl (C=O) groups is 1. The summed E-state index contributed by atoms with van der Waals surface area (Å²) in [5, 5.41) is 2.90. The summed E-state index contributed by atoms with van der Waals surface area (Å²) in [6, 6.07) is 20.3. The molecule has 0 aliphatic heterocycles. The van der Waals surface area contributed by atoms with E-state index in [-0.39, 0.29) is 12.5 Å². The van der Waals surface area contributed by atoms with Gasteiger partial charge in [-0.2, -0.15) is 0 Å². The number of rotatable bonds is 7. The second-order valence-electron chi connectivity index (χ2n) is 6.31. The summed E-state index contributed by atoms with van der Waals surface area (Å²) in [5.41, 5.74) is 3.20. The molecule has 0 saturated heterocycles. The van der Waals surface area contributed by atoms with Crippen molar-refractivity contribution in [1.82, 2.24) is 0 Å². The zero-order valence-corrected chi connectivity index (χ0v) is 16.2. The summed E-state index contributed by atoms with van der Waals surface area (Å²) in [4.78, 5) is 12.6.